The summed E-state index contributed by atoms with van der Waals surface area (Å²) < 4.78 is 13.0. The molecule has 4 aliphatic carbocycles. The molecular weight excluding hydrogens is 509 g/mol. The lowest BCUT2D eigenvalue weighted by Crippen LogP contribution is -2.58. The monoisotopic (exact) mass is 537 g/mol. The molecule has 6 rings (SSSR count). The summed E-state index contributed by atoms with van der Waals surface area (Å²) in [6, 6.07) is 9.82. The third kappa shape index (κ3) is 4.80. The van der Waals surface area contributed by atoms with E-state index in [4.69, 9.17) is 32.7 Å². The fourth-order valence-electron chi connectivity index (χ4n) is 6.53. The first-order chi connectivity index (χ1) is 15.4. The predicted octanol–water partition coefficient (Wildman–Crippen LogP) is 7.79. The van der Waals surface area contributed by atoms with Crippen LogP contribution in [0.4, 0.5) is 0 Å². The molecule has 6 heteroatoms. The third-order valence-corrected chi connectivity index (χ3v) is 8.77. The van der Waals surface area contributed by atoms with Crippen molar-refractivity contribution in [3.63, 3.8) is 0 Å². The predicted molar refractivity (Wildman–Crippen MR) is 134 cm³/mol. The van der Waals surface area contributed by atoms with Crippen LogP contribution in [0.3, 0.4) is 0 Å². The first-order valence-corrected chi connectivity index (χ1v) is 13.2. The van der Waals surface area contributed by atoms with Crippen molar-refractivity contribution in [2.45, 2.75) is 64.1 Å². The number of rotatable bonds is 8. The number of nitrogens with one attached hydrogen (secondary N) is 1. The van der Waals surface area contributed by atoms with E-state index >= 15 is 0 Å². The molecule has 0 radical (unpaired) electrons. The normalized spacial score (nSPS) is 28.2. The summed E-state index contributed by atoms with van der Waals surface area (Å²) >= 11 is 15.9. The highest BCUT2D eigenvalue weighted by atomic mass is 79.9. The van der Waals surface area contributed by atoms with E-state index < -0.39 is 0 Å². The molecule has 4 bridgehead atoms. The van der Waals surface area contributed by atoms with Crippen LogP contribution in [-0.4, -0.2) is 12.1 Å². The average molecular weight is 539 g/mol. The summed E-state index contributed by atoms with van der Waals surface area (Å²) in [5.41, 5.74) is 2.52. The molecule has 4 aliphatic rings. The van der Waals surface area contributed by atoms with Crippen molar-refractivity contribution in [2.24, 2.45) is 17.8 Å². The van der Waals surface area contributed by atoms with E-state index in [1.165, 1.54) is 44.1 Å². The fraction of sp³-hybridized carbons (Fsp3) is 0.538. The second-order valence-electron chi connectivity index (χ2n) is 9.93. The molecule has 0 unspecified atom stereocenters. The van der Waals surface area contributed by atoms with Gasteiger partial charge < -0.3 is 14.8 Å². The molecule has 2 aromatic rings. The molecule has 172 valence electrons. The molecule has 0 spiro atoms. The summed E-state index contributed by atoms with van der Waals surface area (Å²) in [5, 5.41) is 5.06. The smallest absolute Gasteiger partial charge is 0.175 e. The number of ether oxygens (including phenoxy) is 2. The Balaban J connectivity index is 1.29. The zero-order valence-electron chi connectivity index (χ0n) is 18.4. The number of hydrogen-bond donors (Lipinski definition) is 1. The average Bonchev–Trinajstić information content (AvgIpc) is 2.73. The molecule has 0 saturated heterocycles. The minimum absolute atomic E-state index is 0.343. The van der Waals surface area contributed by atoms with Gasteiger partial charge in [-0.1, -0.05) is 29.3 Å². The first kappa shape index (κ1) is 22.8. The van der Waals surface area contributed by atoms with Crippen LogP contribution < -0.4 is 14.8 Å². The van der Waals surface area contributed by atoms with E-state index in [0.717, 1.165) is 45.8 Å². The molecule has 1 N–H and O–H groups in total. The number of hydrogen-bond acceptors (Lipinski definition) is 3. The van der Waals surface area contributed by atoms with E-state index in [9.17, 15) is 0 Å². The van der Waals surface area contributed by atoms with Crippen LogP contribution in [0.25, 0.3) is 0 Å². The lowest BCUT2D eigenvalue weighted by atomic mass is 9.53. The highest BCUT2D eigenvalue weighted by molar-refractivity contribution is 9.10. The lowest BCUT2D eigenvalue weighted by molar-refractivity contribution is -0.0206. The van der Waals surface area contributed by atoms with Gasteiger partial charge in [0.2, 0.25) is 0 Å². The van der Waals surface area contributed by atoms with Crippen LogP contribution in [0.1, 0.15) is 56.6 Å². The van der Waals surface area contributed by atoms with Gasteiger partial charge in [-0.25, -0.2) is 0 Å². The van der Waals surface area contributed by atoms with Crippen LogP contribution >= 0.6 is 39.1 Å². The topological polar surface area (TPSA) is 30.5 Å². The maximum Gasteiger partial charge on any atom is 0.175 e. The Morgan fingerprint density at radius 1 is 0.938 bits per heavy atom. The van der Waals surface area contributed by atoms with Crippen LogP contribution in [0.15, 0.2) is 34.8 Å². The van der Waals surface area contributed by atoms with E-state index in [0.29, 0.717) is 28.8 Å². The van der Waals surface area contributed by atoms with E-state index in [2.05, 4.69) is 33.4 Å². The Morgan fingerprint density at radius 2 is 1.62 bits per heavy atom. The Kier molecular flexibility index (Phi) is 6.68. The minimum Gasteiger partial charge on any atom is -0.490 e. The van der Waals surface area contributed by atoms with E-state index in [1.807, 2.05) is 19.1 Å². The van der Waals surface area contributed by atoms with Gasteiger partial charge in [-0.15, -0.1) is 0 Å². The molecule has 4 saturated carbocycles. The molecule has 0 aliphatic heterocycles. The second-order valence-corrected chi connectivity index (χ2v) is 11.6. The largest absolute Gasteiger partial charge is 0.490 e. The van der Waals surface area contributed by atoms with Gasteiger partial charge in [0.25, 0.3) is 0 Å². The molecule has 3 nitrogen and oxygen atoms in total. The number of halogens is 3. The summed E-state index contributed by atoms with van der Waals surface area (Å²) in [7, 11) is 0. The van der Waals surface area contributed by atoms with Crippen LogP contribution in [0, 0.1) is 17.8 Å². The van der Waals surface area contributed by atoms with Gasteiger partial charge in [0.15, 0.2) is 11.5 Å². The van der Waals surface area contributed by atoms with Gasteiger partial charge in [-0.3, -0.25) is 0 Å². The van der Waals surface area contributed by atoms with Crippen molar-refractivity contribution in [3.05, 3.63) is 56.0 Å². The fourth-order valence-corrected chi connectivity index (χ4v) is 7.45. The Bertz CT molecular complexity index is 961. The van der Waals surface area contributed by atoms with Gasteiger partial charge in [0.05, 0.1) is 21.1 Å². The SMILES string of the molecule is CCOc1cc(CNC23CC4CC(CC(C4)C2)C3)cc(Br)c1OCc1ccc(Cl)c(Cl)c1. The van der Waals surface area contributed by atoms with Gasteiger partial charge in [-0.05, 0) is 115 Å². The molecule has 2 aromatic carbocycles. The van der Waals surface area contributed by atoms with Crippen LogP contribution in [0.2, 0.25) is 10.0 Å². The molecule has 0 atom stereocenters. The molecule has 0 heterocycles. The quantitative estimate of drug-likeness (QED) is 0.372. The van der Waals surface area contributed by atoms with Crippen molar-refractivity contribution in [2.75, 3.05) is 6.61 Å². The summed E-state index contributed by atoms with van der Waals surface area (Å²) in [5.74, 6) is 4.31. The van der Waals surface area contributed by atoms with Crippen molar-refractivity contribution in [1.29, 1.82) is 0 Å². The van der Waals surface area contributed by atoms with Gasteiger partial charge in [0.1, 0.15) is 6.61 Å². The maximum absolute atomic E-state index is 6.15. The van der Waals surface area contributed by atoms with Gasteiger partial charge in [0, 0.05) is 12.1 Å². The summed E-state index contributed by atoms with van der Waals surface area (Å²) in [6.07, 6.45) is 8.44. The summed E-state index contributed by atoms with van der Waals surface area (Å²) in [6.45, 7) is 3.83. The van der Waals surface area contributed by atoms with Crippen molar-refractivity contribution < 1.29 is 9.47 Å². The number of benzene rings is 2. The van der Waals surface area contributed by atoms with Crippen LogP contribution in [-0.2, 0) is 13.2 Å². The zero-order valence-corrected chi connectivity index (χ0v) is 21.5. The molecule has 0 amide bonds. The lowest BCUT2D eigenvalue weighted by Gasteiger charge is -2.57. The van der Waals surface area contributed by atoms with Gasteiger partial charge in [-0.2, -0.15) is 0 Å². The Hall–Kier alpha value is -0.940. The molecule has 0 aromatic heterocycles. The Labute approximate surface area is 209 Å². The third-order valence-electron chi connectivity index (χ3n) is 7.44. The molecule has 32 heavy (non-hydrogen) atoms. The van der Waals surface area contributed by atoms with E-state index in [-0.39, 0.29) is 0 Å². The molecule has 4 fully saturated rings. The van der Waals surface area contributed by atoms with Crippen molar-refractivity contribution >= 4 is 39.1 Å². The van der Waals surface area contributed by atoms with E-state index in [1.54, 1.807) is 6.07 Å². The minimum atomic E-state index is 0.343. The highest BCUT2D eigenvalue weighted by Crippen LogP contribution is 2.55. The highest BCUT2D eigenvalue weighted by Gasteiger charge is 2.50. The zero-order chi connectivity index (χ0) is 22.3. The van der Waals surface area contributed by atoms with Gasteiger partial charge >= 0.3 is 0 Å². The Morgan fingerprint density at radius 3 is 2.25 bits per heavy atom. The molecular formula is C26H30BrCl2NO2. The summed E-state index contributed by atoms with van der Waals surface area (Å²) in [4.78, 5) is 0. The second kappa shape index (κ2) is 9.37. The van der Waals surface area contributed by atoms with Crippen molar-refractivity contribution in [3.8, 4) is 11.5 Å². The van der Waals surface area contributed by atoms with Crippen molar-refractivity contribution in [1.82, 2.24) is 5.32 Å². The maximum atomic E-state index is 6.15. The van der Waals surface area contributed by atoms with Crippen LogP contribution in [0.5, 0.6) is 11.5 Å². The standard InChI is InChI=1S/C26H30BrCl2NO2/c1-2-31-24-10-20(14-30-26-11-17-5-18(12-26)7-19(6-17)13-26)8-21(27)25(24)32-15-16-3-4-22(28)23(29)9-16/h3-4,8-10,17-19,30H,2,5-7,11-15H2,1H3. The first-order valence-electron chi connectivity index (χ1n) is 11.7.